The predicted octanol–water partition coefficient (Wildman–Crippen LogP) is 6.07. The van der Waals surface area contributed by atoms with Crippen molar-refractivity contribution < 1.29 is 23.8 Å². The van der Waals surface area contributed by atoms with Gasteiger partial charge in [0.1, 0.15) is 29.6 Å². The Morgan fingerprint density at radius 3 is 1.94 bits per heavy atom. The van der Waals surface area contributed by atoms with Gasteiger partial charge in [-0.05, 0) is 57.9 Å². The minimum atomic E-state index is -0.889. The van der Waals surface area contributed by atoms with Gasteiger partial charge >= 0.3 is 12.1 Å². The molecule has 2 aromatic rings. The summed E-state index contributed by atoms with van der Waals surface area (Å²) < 4.78 is 17.0. The molecule has 0 aromatic heterocycles. The largest absolute Gasteiger partial charge is 0.487 e. The second kappa shape index (κ2) is 10.9. The number of hydrogen-bond donors (Lipinski definition) is 1. The molecule has 6 heteroatoms. The Kier molecular flexibility index (Phi) is 8.76. The van der Waals surface area contributed by atoms with E-state index in [1.165, 1.54) is 0 Å². The van der Waals surface area contributed by atoms with Gasteiger partial charge in [-0.25, -0.2) is 9.59 Å². The van der Waals surface area contributed by atoms with Crippen LogP contribution in [0.3, 0.4) is 0 Å². The number of nitrogens with one attached hydrogen (secondary N) is 1. The summed E-state index contributed by atoms with van der Waals surface area (Å²) in [7, 11) is 0. The molecule has 0 heterocycles. The first-order valence-corrected chi connectivity index (χ1v) is 11.6. The molecule has 0 radical (unpaired) electrons. The molecule has 0 bridgehead atoms. The van der Waals surface area contributed by atoms with E-state index in [0.29, 0.717) is 0 Å². The summed E-state index contributed by atoms with van der Waals surface area (Å²) in [5, 5.41) is 2.66. The molecule has 0 aliphatic carbocycles. The molecule has 2 rings (SSSR count). The fourth-order valence-corrected chi connectivity index (χ4v) is 2.85. The van der Waals surface area contributed by atoms with Crippen molar-refractivity contribution in [3.8, 4) is 5.75 Å². The van der Waals surface area contributed by atoms with Crippen LogP contribution in [0, 0.1) is 5.41 Å². The van der Waals surface area contributed by atoms with Gasteiger partial charge in [0.25, 0.3) is 0 Å². The van der Waals surface area contributed by atoms with Crippen LogP contribution >= 0.6 is 0 Å². The number of amides is 1. The van der Waals surface area contributed by atoms with Crippen molar-refractivity contribution >= 4 is 12.1 Å². The van der Waals surface area contributed by atoms with Crippen LogP contribution in [0.4, 0.5) is 4.79 Å². The highest BCUT2D eigenvalue weighted by molar-refractivity contribution is 5.82. The molecule has 0 aliphatic heterocycles. The first-order valence-electron chi connectivity index (χ1n) is 11.6. The number of esters is 1. The van der Waals surface area contributed by atoms with Crippen molar-refractivity contribution in [2.75, 3.05) is 0 Å². The van der Waals surface area contributed by atoms with E-state index in [2.05, 4.69) is 39.9 Å². The predicted molar refractivity (Wildman–Crippen MR) is 134 cm³/mol. The van der Waals surface area contributed by atoms with Gasteiger partial charge in [-0.1, -0.05) is 63.2 Å². The summed E-state index contributed by atoms with van der Waals surface area (Å²) >= 11 is 0. The Balaban J connectivity index is 2.08. The van der Waals surface area contributed by atoms with Crippen LogP contribution in [0.1, 0.15) is 66.5 Å². The number of carbonyl (C=O) groups excluding carboxylic acids is 2. The van der Waals surface area contributed by atoms with E-state index < -0.39 is 23.7 Å². The van der Waals surface area contributed by atoms with Gasteiger partial charge in [0, 0.05) is 11.8 Å². The SMILES string of the molecule is CC(C)(C)OC(=O)[C@H](Cc1ccc(OC(C)(C)C(C)(C)C)cc1)NC(=O)OCc1ccccc1. The van der Waals surface area contributed by atoms with Crippen molar-refractivity contribution in [1.82, 2.24) is 5.32 Å². The van der Waals surface area contributed by atoms with Crippen molar-refractivity contribution in [2.45, 2.75) is 85.7 Å². The fourth-order valence-electron chi connectivity index (χ4n) is 2.85. The molecule has 1 amide bonds. The van der Waals surface area contributed by atoms with E-state index >= 15 is 0 Å². The lowest BCUT2D eigenvalue weighted by atomic mass is 9.79. The zero-order valence-electron chi connectivity index (χ0n) is 21.7. The molecule has 0 spiro atoms. The molecule has 0 saturated heterocycles. The number of rotatable bonds is 8. The smallest absolute Gasteiger partial charge is 0.408 e. The van der Waals surface area contributed by atoms with E-state index in [4.69, 9.17) is 14.2 Å². The summed E-state index contributed by atoms with van der Waals surface area (Å²) in [6.07, 6.45) is -0.412. The Morgan fingerprint density at radius 2 is 1.41 bits per heavy atom. The van der Waals surface area contributed by atoms with E-state index in [1.807, 2.05) is 54.6 Å². The molecule has 0 fully saturated rings. The third-order valence-corrected chi connectivity index (χ3v) is 5.74. The first-order chi connectivity index (χ1) is 15.7. The average Bonchev–Trinajstić information content (AvgIpc) is 2.71. The van der Waals surface area contributed by atoms with Gasteiger partial charge in [-0.3, -0.25) is 0 Å². The Hall–Kier alpha value is -3.02. The van der Waals surface area contributed by atoms with Gasteiger partial charge in [0.2, 0.25) is 0 Å². The monoisotopic (exact) mass is 469 g/mol. The molecule has 34 heavy (non-hydrogen) atoms. The summed E-state index contributed by atoms with van der Waals surface area (Å²) in [6, 6.07) is 16.0. The summed E-state index contributed by atoms with van der Waals surface area (Å²) in [5.74, 6) is 0.228. The summed E-state index contributed by atoms with van der Waals surface area (Å²) in [6.45, 7) is 16.0. The van der Waals surface area contributed by atoms with Gasteiger partial charge in [-0.15, -0.1) is 0 Å². The van der Waals surface area contributed by atoms with Crippen molar-refractivity contribution in [2.24, 2.45) is 5.41 Å². The van der Waals surface area contributed by atoms with E-state index in [9.17, 15) is 9.59 Å². The number of alkyl carbamates (subject to hydrolysis) is 1. The third-order valence-electron chi connectivity index (χ3n) is 5.74. The highest BCUT2D eigenvalue weighted by Gasteiger charge is 2.35. The molecule has 0 unspecified atom stereocenters. The fraction of sp³-hybridized carbons (Fsp3) is 0.500. The highest BCUT2D eigenvalue weighted by Crippen LogP contribution is 2.34. The van der Waals surface area contributed by atoms with Crippen molar-refractivity contribution in [3.63, 3.8) is 0 Å². The van der Waals surface area contributed by atoms with E-state index in [1.54, 1.807) is 20.8 Å². The quantitative estimate of drug-likeness (QED) is 0.475. The van der Waals surface area contributed by atoms with E-state index in [0.717, 1.165) is 16.9 Å². The van der Waals surface area contributed by atoms with Crippen LogP contribution in [0.5, 0.6) is 5.75 Å². The van der Waals surface area contributed by atoms with Crippen LogP contribution in [-0.2, 0) is 27.3 Å². The molecule has 2 aromatic carbocycles. The molecule has 1 N–H and O–H groups in total. The van der Waals surface area contributed by atoms with Crippen LogP contribution in [-0.4, -0.2) is 29.3 Å². The van der Waals surface area contributed by atoms with Crippen LogP contribution in [0.25, 0.3) is 0 Å². The first kappa shape index (κ1) is 27.2. The average molecular weight is 470 g/mol. The van der Waals surface area contributed by atoms with Crippen LogP contribution in [0.2, 0.25) is 0 Å². The number of benzene rings is 2. The number of carbonyl (C=O) groups is 2. The van der Waals surface area contributed by atoms with Crippen LogP contribution in [0.15, 0.2) is 54.6 Å². The second-order valence-corrected chi connectivity index (χ2v) is 11.0. The van der Waals surface area contributed by atoms with Crippen molar-refractivity contribution in [1.29, 1.82) is 0 Å². The molecule has 0 aliphatic rings. The van der Waals surface area contributed by atoms with Gasteiger partial charge < -0.3 is 19.5 Å². The molecule has 1 atom stereocenters. The van der Waals surface area contributed by atoms with Gasteiger partial charge in [0.15, 0.2) is 0 Å². The zero-order chi connectivity index (χ0) is 25.6. The zero-order valence-corrected chi connectivity index (χ0v) is 21.7. The normalized spacial score (nSPS) is 13.1. The van der Waals surface area contributed by atoms with Crippen LogP contribution < -0.4 is 10.1 Å². The molecular weight excluding hydrogens is 430 g/mol. The van der Waals surface area contributed by atoms with Crippen molar-refractivity contribution in [3.05, 3.63) is 65.7 Å². The number of hydrogen-bond acceptors (Lipinski definition) is 5. The Morgan fingerprint density at radius 1 is 0.824 bits per heavy atom. The standard InChI is InChI=1S/C28H39NO5/c1-26(2,3)28(7,8)33-22-16-14-20(15-17-22)18-23(24(30)34-27(4,5)6)29-25(31)32-19-21-12-10-9-11-13-21/h9-17,23H,18-19H2,1-8H3,(H,29,31)/t23-/m0/s1. The Labute approximate surface area is 204 Å². The lowest BCUT2D eigenvalue weighted by Crippen LogP contribution is -2.45. The third kappa shape index (κ3) is 8.73. The minimum absolute atomic E-state index is 0.0441. The highest BCUT2D eigenvalue weighted by atomic mass is 16.6. The maximum absolute atomic E-state index is 12.8. The maximum atomic E-state index is 12.8. The number of ether oxygens (including phenoxy) is 3. The molecular formula is C28H39NO5. The second-order valence-electron chi connectivity index (χ2n) is 11.0. The maximum Gasteiger partial charge on any atom is 0.408 e. The molecule has 0 saturated carbocycles. The summed E-state index contributed by atoms with van der Waals surface area (Å²) in [4.78, 5) is 25.3. The van der Waals surface area contributed by atoms with E-state index in [-0.39, 0.29) is 24.0 Å². The topological polar surface area (TPSA) is 73.9 Å². The minimum Gasteiger partial charge on any atom is -0.487 e. The molecule has 6 nitrogen and oxygen atoms in total. The van der Waals surface area contributed by atoms with Gasteiger partial charge in [0.05, 0.1) is 0 Å². The molecule has 186 valence electrons. The summed E-state index contributed by atoms with van der Waals surface area (Å²) in [5.41, 5.74) is 0.636. The lowest BCUT2D eigenvalue weighted by molar-refractivity contribution is -0.157. The Bertz CT molecular complexity index is 938. The lowest BCUT2D eigenvalue weighted by Gasteiger charge is -2.39. The van der Waals surface area contributed by atoms with Gasteiger partial charge in [-0.2, -0.15) is 0 Å².